The smallest absolute Gasteiger partial charge is 0.175 e. The van der Waals surface area contributed by atoms with E-state index in [9.17, 15) is 5.11 Å². The molecule has 2 rings (SSSR count). The highest BCUT2D eigenvalue weighted by Gasteiger charge is 2.07. The first kappa shape index (κ1) is 9.62. The first-order valence-electron chi connectivity index (χ1n) is 4.25. The van der Waals surface area contributed by atoms with Crippen LogP contribution >= 0.6 is 22.9 Å². The molecular weight excluding hydrogens is 220 g/mol. The van der Waals surface area contributed by atoms with Gasteiger partial charge in [0.05, 0.1) is 6.61 Å². The second-order valence-corrected chi connectivity index (χ2v) is 4.32. The molecule has 2 nitrogen and oxygen atoms in total. The minimum Gasteiger partial charge on any atom is -0.507 e. The highest BCUT2D eigenvalue weighted by molar-refractivity contribution is 7.20. The van der Waals surface area contributed by atoms with E-state index in [0.29, 0.717) is 11.6 Å². The Hall–Kier alpha value is -0.930. The Balaban J connectivity index is 2.58. The third-order valence-electron chi connectivity index (χ3n) is 1.84. The lowest BCUT2D eigenvalue weighted by molar-refractivity contribution is 0.350. The SMILES string of the molecule is CCOc1cc2c(O)cc(Cl)cc2s1. The molecule has 2 aromatic rings. The van der Waals surface area contributed by atoms with Crippen LogP contribution < -0.4 is 4.74 Å². The number of phenols is 1. The minimum absolute atomic E-state index is 0.203. The summed E-state index contributed by atoms with van der Waals surface area (Å²) in [7, 11) is 0. The quantitative estimate of drug-likeness (QED) is 0.850. The number of thiophene rings is 1. The van der Waals surface area contributed by atoms with Crippen LogP contribution in [0.2, 0.25) is 5.02 Å². The zero-order valence-electron chi connectivity index (χ0n) is 7.58. The molecule has 0 bridgehead atoms. The van der Waals surface area contributed by atoms with Crippen molar-refractivity contribution in [3.05, 3.63) is 23.2 Å². The second-order valence-electron chi connectivity index (χ2n) is 2.84. The molecule has 74 valence electrons. The molecule has 0 aliphatic heterocycles. The number of halogens is 1. The molecule has 0 saturated heterocycles. The van der Waals surface area contributed by atoms with E-state index < -0.39 is 0 Å². The molecule has 14 heavy (non-hydrogen) atoms. The van der Waals surface area contributed by atoms with Gasteiger partial charge in [0.25, 0.3) is 0 Å². The highest BCUT2D eigenvalue weighted by Crippen LogP contribution is 2.38. The van der Waals surface area contributed by atoms with Crippen molar-refractivity contribution in [3.63, 3.8) is 0 Å². The van der Waals surface area contributed by atoms with Gasteiger partial charge in [-0.3, -0.25) is 0 Å². The average Bonchev–Trinajstić information content (AvgIpc) is 2.48. The first-order valence-corrected chi connectivity index (χ1v) is 5.45. The Morgan fingerprint density at radius 1 is 1.43 bits per heavy atom. The van der Waals surface area contributed by atoms with Crippen LogP contribution in [0.15, 0.2) is 18.2 Å². The molecule has 0 fully saturated rings. The molecule has 0 aliphatic rings. The monoisotopic (exact) mass is 228 g/mol. The summed E-state index contributed by atoms with van der Waals surface area (Å²) >= 11 is 7.30. The van der Waals surface area contributed by atoms with Gasteiger partial charge in [-0.1, -0.05) is 22.9 Å². The summed E-state index contributed by atoms with van der Waals surface area (Å²) in [4.78, 5) is 0. The predicted octanol–water partition coefficient (Wildman–Crippen LogP) is 3.66. The van der Waals surface area contributed by atoms with Gasteiger partial charge in [-0.05, 0) is 19.1 Å². The molecule has 0 unspecified atom stereocenters. The first-order chi connectivity index (χ1) is 6.70. The fourth-order valence-electron chi connectivity index (χ4n) is 1.28. The fourth-order valence-corrected chi connectivity index (χ4v) is 2.58. The highest BCUT2D eigenvalue weighted by atomic mass is 35.5. The number of fused-ring (bicyclic) bond motifs is 1. The Kier molecular flexibility index (Phi) is 2.52. The van der Waals surface area contributed by atoms with Gasteiger partial charge in [0.1, 0.15) is 5.75 Å². The summed E-state index contributed by atoms with van der Waals surface area (Å²) in [5.74, 6) is 0.203. The normalized spacial score (nSPS) is 10.7. The Morgan fingerprint density at radius 3 is 2.93 bits per heavy atom. The lowest BCUT2D eigenvalue weighted by atomic mass is 10.2. The van der Waals surface area contributed by atoms with Crippen LogP contribution in [0, 0.1) is 0 Å². The van der Waals surface area contributed by atoms with E-state index in [4.69, 9.17) is 16.3 Å². The molecule has 0 saturated carbocycles. The molecule has 0 atom stereocenters. The van der Waals surface area contributed by atoms with E-state index in [1.165, 1.54) is 17.4 Å². The standard InChI is InChI=1S/C10H9ClO2S/c1-2-13-10-5-7-8(12)3-6(11)4-9(7)14-10/h3-5,12H,2H2,1H3. The van der Waals surface area contributed by atoms with Gasteiger partial charge in [-0.15, -0.1) is 0 Å². The third kappa shape index (κ3) is 1.65. The van der Waals surface area contributed by atoms with Crippen LogP contribution in [0.4, 0.5) is 0 Å². The van der Waals surface area contributed by atoms with Gasteiger partial charge in [0, 0.05) is 21.2 Å². The largest absolute Gasteiger partial charge is 0.507 e. The molecule has 1 aromatic heterocycles. The van der Waals surface area contributed by atoms with E-state index in [2.05, 4.69) is 0 Å². The molecule has 0 amide bonds. The predicted molar refractivity (Wildman–Crippen MR) is 59.7 cm³/mol. The minimum atomic E-state index is 0.203. The summed E-state index contributed by atoms with van der Waals surface area (Å²) in [5, 5.41) is 11.7. The van der Waals surface area contributed by atoms with E-state index in [1.54, 1.807) is 0 Å². The van der Waals surface area contributed by atoms with Crippen molar-refractivity contribution in [2.24, 2.45) is 0 Å². The topological polar surface area (TPSA) is 29.5 Å². The van der Waals surface area contributed by atoms with Crippen molar-refractivity contribution in [2.45, 2.75) is 6.92 Å². The molecule has 1 N–H and O–H groups in total. The van der Waals surface area contributed by atoms with Crippen LogP contribution in [-0.2, 0) is 0 Å². The summed E-state index contributed by atoms with van der Waals surface area (Å²) in [6.45, 7) is 2.55. The second kappa shape index (κ2) is 3.67. The lowest BCUT2D eigenvalue weighted by Crippen LogP contribution is -1.86. The van der Waals surface area contributed by atoms with Crippen LogP contribution in [0.3, 0.4) is 0 Å². The lowest BCUT2D eigenvalue weighted by Gasteiger charge is -1.94. The van der Waals surface area contributed by atoms with E-state index in [0.717, 1.165) is 15.1 Å². The zero-order chi connectivity index (χ0) is 10.1. The molecule has 1 aromatic carbocycles. The number of rotatable bonds is 2. The summed E-state index contributed by atoms with van der Waals surface area (Å²) in [6.07, 6.45) is 0. The van der Waals surface area contributed by atoms with Gasteiger partial charge >= 0.3 is 0 Å². The van der Waals surface area contributed by atoms with Gasteiger partial charge in [-0.25, -0.2) is 0 Å². The molecule has 1 heterocycles. The van der Waals surface area contributed by atoms with Crippen molar-refractivity contribution < 1.29 is 9.84 Å². The van der Waals surface area contributed by atoms with Crippen LogP contribution in [0.25, 0.3) is 10.1 Å². The number of hydrogen-bond acceptors (Lipinski definition) is 3. The van der Waals surface area contributed by atoms with Crippen molar-refractivity contribution in [1.82, 2.24) is 0 Å². The average molecular weight is 229 g/mol. The maximum Gasteiger partial charge on any atom is 0.175 e. The number of hydrogen-bond donors (Lipinski definition) is 1. The van der Waals surface area contributed by atoms with Crippen molar-refractivity contribution >= 4 is 33.0 Å². The van der Waals surface area contributed by atoms with Crippen LogP contribution in [0.5, 0.6) is 10.8 Å². The Labute approximate surface area is 90.7 Å². The molecule has 0 radical (unpaired) electrons. The fraction of sp³-hybridized carbons (Fsp3) is 0.200. The number of aromatic hydroxyl groups is 1. The van der Waals surface area contributed by atoms with Crippen LogP contribution in [0.1, 0.15) is 6.92 Å². The Morgan fingerprint density at radius 2 is 2.21 bits per heavy atom. The Bertz CT molecular complexity index is 464. The summed E-state index contributed by atoms with van der Waals surface area (Å²) in [5.41, 5.74) is 0. The third-order valence-corrected chi connectivity index (χ3v) is 3.06. The number of phenolic OH excluding ortho intramolecular Hbond substituents is 1. The van der Waals surface area contributed by atoms with Crippen molar-refractivity contribution in [2.75, 3.05) is 6.61 Å². The summed E-state index contributed by atoms with van der Waals surface area (Å²) < 4.78 is 6.29. The van der Waals surface area contributed by atoms with Crippen molar-refractivity contribution in [3.8, 4) is 10.8 Å². The number of ether oxygens (including phenoxy) is 1. The van der Waals surface area contributed by atoms with Gasteiger partial charge in [0.15, 0.2) is 5.06 Å². The number of benzene rings is 1. The molecule has 0 spiro atoms. The van der Waals surface area contributed by atoms with E-state index in [-0.39, 0.29) is 5.75 Å². The van der Waals surface area contributed by atoms with E-state index >= 15 is 0 Å². The zero-order valence-corrected chi connectivity index (χ0v) is 9.15. The maximum atomic E-state index is 9.60. The summed E-state index contributed by atoms with van der Waals surface area (Å²) in [6, 6.07) is 5.19. The van der Waals surface area contributed by atoms with Crippen LogP contribution in [-0.4, -0.2) is 11.7 Å². The van der Waals surface area contributed by atoms with Gasteiger partial charge < -0.3 is 9.84 Å². The molecule has 0 aliphatic carbocycles. The van der Waals surface area contributed by atoms with Gasteiger partial charge in [0.2, 0.25) is 0 Å². The molecule has 4 heteroatoms. The van der Waals surface area contributed by atoms with Crippen molar-refractivity contribution in [1.29, 1.82) is 0 Å². The molecular formula is C10H9ClO2S. The van der Waals surface area contributed by atoms with E-state index in [1.807, 2.05) is 19.1 Å². The maximum absolute atomic E-state index is 9.60. The van der Waals surface area contributed by atoms with Gasteiger partial charge in [-0.2, -0.15) is 0 Å².